The first-order valence-corrected chi connectivity index (χ1v) is 7.62. The fraction of sp³-hybridized carbons (Fsp3) is 0.231. The van der Waals surface area contributed by atoms with E-state index >= 15 is 0 Å². The summed E-state index contributed by atoms with van der Waals surface area (Å²) in [7, 11) is -3.80. The summed E-state index contributed by atoms with van der Waals surface area (Å²) in [6, 6.07) is 5.82. The highest BCUT2D eigenvalue weighted by molar-refractivity contribution is 7.89. The topological polar surface area (TPSA) is 85.3 Å². The van der Waals surface area contributed by atoms with E-state index in [0.29, 0.717) is 11.3 Å². The van der Waals surface area contributed by atoms with Gasteiger partial charge in [0, 0.05) is 12.6 Å². The highest BCUT2D eigenvalue weighted by Crippen LogP contribution is 2.13. The summed E-state index contributed by atoms with van der Waals surface area (Å²) in [5.41, 5.74) is 5.69. The molecule has 0 saturated heterocycles. The molecule has 1 heterocycles. The Morgan fingerprint density at radius 3 is 2.38 bits per heavy atom. The molecule has 0 spiro atoms. The first-order chi connectivity index (χ1) is 9.90. The van der Waals surface area contributed by atoms with Gasteiger partial charge in [0.2, 0.25) is 5.09 Å². The fourth-order valence-electron chi connectivity index (χ4n) is 1.77. The number of benzene rings is 1. The Balaban J connectivity index is 1.98. The number of hydrogen-bond acceptors (Lipinski definition) is 4. The molecule has 3 N–H and O–H groups in total. The molecule has 0 fully saturated rings. The largest absolute Gasteiger partial charge is 0.447 e. The first-order valence-electron chi connectivity index (χ1n) is 6.14. The van der Waals surface area contributed by atoms with E-state index in [4.69, 9.17) is 10.2 Å². The van der Waals surface area contributed by atoms with Crippen molar-refractivity contribution in [2.45, 2.75) is 18.1 Å². The van der Waals surface area contributed by atoms with Gasteiger partial charge < -0.3 is 10.2 Å². The number of nitrogens with one attached hydrogen (secondary N) is 1. The predicted octanol–water partition coefficient (Wildman–Crippen LogP) is 1.54. The van der Waals surface area contributed by atoms with Gasteiger partial charge in [-0.25, -0.2) is 21.9 Å². The Morgan fingerprint density at radius 1 is 1.14 bits per heavy atom. The zero-order valence-electron chi connectivity index (χ0n) is 11.0. The second kappa shape index (κ2) is 6.33. The standard InChI is InChI=1S/C13H14F2N2O3S/c14-10-5-9(6-11(15)7-10)3-4-17-21(18,19)13-2-1-12(8-16)20-13/h1-2,5-7,17H,3-4,8,16H2. The molecular formula is C13H14F2N2O3S. The molecule has 114 valence electrons. The molecule has 1 aromatic carbocycles. The van der Waals surface area contributed by atoms with Gasteiger partial charge in [-0.05, 0) is 36.2 Å². The first kappa shape index (κ1) is 15.6. The van der Waals surface area contributed by atoms with Crippen molar-refractivity contribution in [1.29, 1.82) is 0 Å². The summed E-state index contributed by atoms with van der Waals surface area (Å²) in [6.45, 7) is 0.0853. The molecule has 0 saturated carbocycles. The predicted molar refractivity (Wildman–Crippen MR) is 71.8 cm³/mol. The Morgan fingerprint density at radius 2 is 1.81 bits per heavy atom. The number of halogens is 2. The van der Waals surface area contributed by atoms with E-state index < -0.39 is 21.7 Å². The molecule has 0 aliphatic carbocycles. The lowest BCUT2D eigenvalue weighted by Crippen LogP contribution is -2.25. The molecule has 8 heteroatoms. The zero-order valence-corrected chi connectivity index (χ0v) is 11.8. The van der Waals surface area contributed by atoms with Crippen molar-refractivity contribution in [2.75, 3.05) is 6.54 Å². The molecule has 1 aromatic heterocycles. The van der Waals surface area contributed by atoms with Gasteiger partial charge in [0.15, 0.2) is 0 Å². The number of sulfonamides is 1. The second-order valence-electron chi connectivity index (χ2n) is 4.35. The van der Waals surface area contributed by atoms with Crippen LogP contribution >= 0.6 is 0 Å². The van der Waals surface area contributed by atoms with E-state index in [1.165, 1.54) is 12.1 Å². The number of nitrogens with two attached hydrogens (primary N) is 1. The Hall–Kier alpha value is -1.77. The average Bonchev–Trinajstić information content (AvgIpc) is 2.86. The van der Waals surface area contributed by atoms with E-state index in [1.807, 2.05) is 0 Å². The summed E-state index contributed by atoms with van der Waals surface area (Å²) in [4.78, 5) is 0. The zero-order chi connectivity index (χ0) is 15.5. The van der Waals surface area contributed by atoms with Crippen LogP contribution in [-0.4, -0.2) is 15.0 Å². The summed E-state index contributed by atoms with van der Waals surface area (Å²) in [5, 5.41) is -0.242. The highest BCUT2D eigenvalue weighted by atomic mass is 32.2. The number of rotatable bonds is 6. The molecule has 0 aliphatic rings. The van der Waals surface area contributed by atoms with E-state index in [0.717, 1.165) is 18.2 Å². The molecule has 5 nitrogen and oxygen atoms in total. The Labute approximate surface area is 120 Å². The molecular weight excluding hydrogens is 302 g/mol. The molecule has 0 unspecified atom stereocenters. The average molecular weight is 316 g/mol. The third-order valence-corrected chi connectivity index (χ3v) is 4.06. The monoisotopic (exact) mass is 316 g/mol. The van der Waals surface area contributed by atoms with Gasteiger partial charge >= 0.3 is 0 Å². The maximum Gasteiger partial charge on any atom is 0.273 e. The Bertz CT molecular complexity index is 709. The molecule has 0 radical (unpaired) electrons. The van der Waals surface area contributed by atoms with Crippen LogP contribution in [0.5, 0.6) is 0 Å². The fourth-order valence-corrected chi connectivity index (χ4v) is 2.75. The lowest BCUT2D eigenvalue weighted by Gasteiger charge is -2.05. The normalized spacial score (nSPS) is 11.8. The van der Waals surface area contributed by atoms with Crippen molar-refractivity contribution >= 4 is 10.0 Å². The van der Waals surface area contributed by atoms with Crippen LogP contribution in [-0.2, 0) is 23.0 Å². The van der Waals surface area contributed by atoms with E-state index in [9.17, 15) is 17.2 Å². The molecule has 0 aliphatic heterocycles. The van der Waals surface area contributed by atoms with Gasteiger partial charge in [0.25, 0.3) is 10.0 Å². The van der Waals surface area contributed by atoms with Crippen LogP contribution < -0.4 is 10.5 Å². The van der Waals surface area contributed by atoms with Crippen LogP contribution in [0.15, 0.2) is 39.8 Å². The summed E-state index contributed by atoms with van der Waals surface area (Å²) in [6.07, 6.45) is 0.151. The van der Waals surface area contributed by atoms with Crippen molar-refractivity contribution in [3.05, 3.63) is 53.3 Å². The summed E-state index contributed by atoms with van der Waals surface area (Å²) >= 11 is 0. The molecule has 0 amide bonds. The van der Waals surface area contributed by atoms with Crippen LogP contribution in [0.4, 0.5) is 8.78 Å². The second-order valence-corrected chi connectivity index (χ2v) is 6.05. The Kier molecular flexibility index (Phi) is 4.71. The third-order valence-electron chi connectivity index (χ3n) is 2.73. The van der Waals surface area contributed by atoms with Crippen molar-refractivity contribution in [3.63, 3.8) is 0 Å². The number of hydrogen-bond donors (Lipinski definition) is 2. The summed E-state index contributed by atoms with van der Waals surface area (Å²) in [5.74, 6) is -1.06. The molecule has 0 atom stereocenters. The van der Waals surface area contributed by atoms with Crippen LogP contribution in [0.3, 0.4) is 0 Å². The van der Waals surface area contributed by atoms with Crippen molar-refractivity contribution in [1.82, 2.24) is 4.72 Å². The SMILES string of the molecule is NCc1ccc(S(=O)(=O)NCCc2cc(F)cc(F)c2)o1. The molecule has 2 rings (SSSR count). The van der Waals surface area contributed by atoms with Crippen LogP contribution in [0, 0.1) is 11.6 Å². The van der Waals surface area contributed by atoms with Crippen LogP contribution in [0.1, 0.15) is 11.3 Å². The van der Waals surface area contributed by atoms with Gasteiger partial charge in [-0.1, -0.05) is 0 Å². The lowest BCUT2D eigenvalue weighted by atomic mass is 10.1. The molecule has 21 heavy (non-hydrogen) atoms. The molecule has 2 aromatic rings. The van der Waals surface area contributed by atoms with Crippen molar-refractivity contribution < 1.29 is 21.6 Å². The summed E-state index contributed by atoms with van der Waals surface area (Å²) < 4.78 is 57.1. The highest BCUT2D eigenvalue weighted by Gasteiger charge is 2.17. The molecule has 0 bridgehead atoms. The smallest absolute Gasteiger partial charge is 0.273 e. The van der Waals surface area contributed by atoms with E-state index in [2.05, 4.69) is 4.72 Å². The quantitative estimate of drug-likeness (QED) is 0.846. The van der Waals surface area contributed by atoms with Gasteiger partial charge in [-0.15, -0.1) is 0 Å². The minimum atomic E-state index is -3.80. The van der Waals surface area contributed by atoms with Crippen molar-refractivity contribution in [3.8, 4) is 0 Å². The van der Waals surface area contributed by atoms with Crippen LogP contribution in [0.25, 0.3) is 0 Å². The third kappa shape index (κ3) is 4.10. The van der Waals surface area contributed by atoms with E-state index in [1.54, 1.807) is 0 Å². The lowest BCUT2D eigenvalue weighted by molar-refractivity contribution is 0.413. The van der Waals surface area contributed by atoms with Gasteiger partial charge in [-0.2, -0.15) is 0 Å². The van der Waals surface area contributed by atoms with E-state index in [-0.39, 0.29) is 24.6 Å². The van der Waals surface area contributed by atoms with Gasteiger partial charge in [0.05, 0.1) is 6.54 Å². The number of furan rings is 1. The van der Waals surface area contributed by atoms with Gasteiger partial charge in [-0.3, -0.25) is 0 Å². The van der Waals surface area contributed by atoms with Gasteiger partial charge in [0.1, 0.15) is 17.4 Å². The maximum atomic E-state index is 13.0. The van der Waals surface area contributed by atoms with Crippen molar-refractivity contribution in [2.24, 2.45) is 5.73 Å². The minimum absolute atomic E-state index is 0.0100. The van der Waals surface area contributed by atoms with Crippen LogP contribution in [0.2, 0.25) is 0 Å². The maximum absolute atomic E-state index is 13.0. The minimum Gasteiger partial charge on any atom is -0.447 e.